The molecule has 1 fully saturated rings. The number of hydrogen-bond acceptors (Lipinski definition) is 3. The molecular weight excluding hydrogens is 247 g/mol. The first-order valence-corrected chi connectivity index (χ1v) is 5.69. The minimum absolute atomic E-state index is 0.0141. The Kier molecular flexibility index (Phi) is 3.52. The average molecular weight is 259 g/mol. The molecule has 0 bridgehead atoms. The van der Waals surface area contributed by atoms with Crippen molar-refractivity contribution in [3.05, 3.63) is 29.0 Å². The predicted octanol–water partition coefficient (Wildman–Crippen LogP) is 2.81. The molecule has 0 spiro atoms. The highest BCUT2D eigenvalue weighted by molar-refractivity contribution is 6.30. The SMILES string of the molecule is COC(=O)C(Oc1cccc(Cl)c1F)C1CC1. The van der Waals surface area contributed by atoms with Crippen LogP contribution in [0.15, 0.2) is 18.2 Å². The summed E-state index contributed by atoms with van der Waals surface area (Å²) in [5.74, 6) is -1.03. The molecular formula is C12H12ClFO3. The van der Waals surface area contributed by atoms with Crippen LogP contribution in [-0.4, -0.2) is 19.2 Å². The first-order chi connectivity index (χ1) is 8.13. The number of methoxy groups -OCH3 is 1. The van der Waals surface area contributed by atoms with Gasteiger partial charge < -0.3 is 9.47 Å². The second-order valence-electron chi connectivity index (χ2n) is 3.95. The van der Waals surface area contributed by atoms with Crippen LogP contribution in [0.4, 0.5) is 4.39 Å². The van der Waals surface area contributed by atoms with E-state index in [9.17, 15) is 9.18 Å². The summed E-state index contributed by atoms with van der Waals surface area (Å²) < 4.78 is 23.6. The zero-order valence-electron chi connectivity index (χ0n) is 9.28. The molecule has 92 valence electrons. The number of rotatable bonds is 4. The van der Waals surface area contributed by atoms with Gasteiger partial charge in [-0.3, -0.25) is 0 Å². The lowest BCUT2D eigenvalue weighted by atomic mass is 10.2. The van der Waals surface area contributed by atoms with E-state index in [0.717, 1.165) is 12.8 Å². The van der Waals surface area contributed by atoms with Gasteiger partial charge in [-0.1, -0.05) is 17.7 Å². The van der Waals surface area contributed by atoms with Crippen LogP contribution in [0.25, 0.3) is 0 Å². The maximum atomic E-state index is 13.6. The van der Waals surface area contributed by atoms with Gasteiger partial charge in [0.25, 0.3) is 0 Å². The van der Waals surface area contributed by atoms with Crippen LogP contribution >= 0.6 is 11.6 Å². The molecule has 17 heavy (non-hydrogen) atoms. The zero-order chi connectivity index (χ0) is 12.4. The largest absolute Gasteiger partial charge is 0.475 e. The maximum Gasteiger partial charge on any atom is 0.347 e. The first-order valence-electron chi connectivity index (χ1n) is 5.32. The Morgan fingerprint density at radius 1 is 1.53 bits per heavy atom. The second kappa shape index (κ2) is 4.92. The topological polar surface area (TPSA) is 35.5 Å². The lowest BCUT2D eigenvalue weighted by molar-refractivity contribution is -0.149. The normalized spacial score (nSPS) is 16.4. The molecule has 2 rings (SSSR count). The van der Waals surface area contributed by atoms with E-state index in [1.165, 1.54) is 19.2 Å². The van der Waals surface area contributed by atoms with Crippen molar-refractivity contribution in [1.82, 2.24) is 0 Å². The second-order valence-corrected chi connectivity index (χ2v) is 4.36. The summed E-state index contributed by atoms with van der Waals surface area (Å²) in [7, 11) is 1.29. The highest BCUT2D eigenvalue weighted by Gasteiger charge is 2.39. The van der Waals surface area contributed by atoms with Crippen LogP contribution in [0, 0.1) is 11.7 Å². The fourth-order valence-electron chi connectivity index (χ4n) is 1.56. The smallest absolute Gasteiger partial charge is 0.347 e. The molecule has 1 aliphatic rings. The van der Waals surface area contributed by atoms with Crippen LogP contribution in [0.5, 0.6) is 5.75 Å². The zero-order valence-corrected chi connectivity index (χ0v) is 10.0. The van der Waals surface area contributed by atoms with Gasteiger partial charge in [-0.2, -0.15) is 0 Å². The lowest BCUT2D eigenvalue weighted by Gasteiger charge is -2.16. The molecule has 0 amide bonds. The number of carbonyl (C=O) groups is 1. The monoisotopic (exact) mass is 258 g/mol. The number of hydrogen-bond donors (Lipinski definition) is 0. The maximum absolute atomic E-state index is 13.6. The molecule has 0 saturated heterocycles. The van der Waals surface area contributed by atoms with E-state index in [-0.39, 0.29) is 16.7 Å². The van der Waals surface area contributed by atoms with Gasteiger partial charge in [0.05, 0.1) is 12.1 Å². The number of esters is 1. The van der Waals surface area contributed by atoms with Crippen molar-refractivity contribution in [3.8, 4) is 5.75 Å². The Morgan fingerprint density at radius 3 is 2.82 bits per heavy atom. The highest BCUT2D eigenvalue weighted by atomic mass is 35.5. The molecule has 0 radical (unpaired) electrons. The number of halogens is 2. The summed E-state index contributed by atoms with van der Waals surface area (Å²) in [6.07, 6.45) is 1.04. The minimum atomic E-state index is -0.743. The van der Waals surface area contributed by atoms with Gasteiger partial charge in [-0.15, -0.1) is 0 Å². The van der Waals surface area contributed by atoms with Crippen molar-refractivity contribution in [3.63, 3.8) is 0 Å². The minimum Gasteiger partial charge on any atom is -0.475 e. The Labute approximate surface area is 103 Å². The van der Waals surface area contributed by atoms with E-state index in [4.69, 9.17) is 16.3 Å². The van der Waals surface area contributed by atoms with Crippen LogP contribution in [0.2, 0.25) is 5.02 Å². The van der Waals surface area contributed by atoms with Crippen LogP contribution in [-0.2, 0) is 9.53 Å². The Hall–Kier alpha value is -1.29. The molecule has 1 aliphatic carbocycles. The van der Waals surface area contributed by atoms with E-state index in [1.807, 2.05) is 0 Å². The molecule has 1 aromatic carbocycles. The summed E-state index contributed by atoms with van der Waals surface area (Å²) in [4.78, 5) is 11.5. The first kappa shape index (κ1) is 12.2. The Balaban J connectivity index is 2.17. The van der Waals surface area contributed by atoms with Gasteiger partial charge in [-0.25, -0.2) is 9.18 Å². The standard InChI is InChI=1S/C12H12ClFO3/c1-16-12(15)11(7-5-6-7)17-9-4-2-3-8(13)10(9)14/h2-4,7,11H,5-6H2,1H3. The van der Waals surface area contributed by atoms with Crippen LogP contribution < -0.4 is 4.74 Å². The van der Waals surface area contributed by atoms with Gasteiger partial charge in [-0.05, 0) is 25.0 Å². The molecule has 1 atom stereocenters. The van der Waals surface area contributed by atoms with Gasteiger partial charge in [0.2, 0.25) is 0 Å². The van der Waals surface area contributed by atoms with Gasteiger partial charge in [0.1, 0.15) is 0 Å². The fraction of sp³-hybridized carbons (Fsp3) is 0.417. The van der Waals surface area contributed by atoms with Gasteiger partial charge in [0, 0.05) is 5.92 Å². The van der Waals surface area contributed by atoms with Crippen molar-refractivity contribution >= 4 is 17.6 Å². The summed E-state index contributed by atoms with van der Waals surface area (Å²) in [5, 5.41) is -0.0260. The van der Waals surface area contributed by atoms with Crippen molar-refractivity contribution in [2.75, 3.05) is 7.11 Å². The third kappa shape index (κ3) is 2.69. The van der Waals surface area contributed by atoms with E-state index < -0.39 is 17.9 Å². The quantitative estimate of drug-likeness (QED) is 0.779. The van der Waals surface area contributed by atoms with E-state index in [0.29, 0.717) is 0 Å². The van der Waals surface area contributed by atoms with Gasteiger partial charge >= 0.3 is 5.97 Å². The number of carbonyl (C=O) groups excluding carboxylic acids is 1. The molecule has 1 unspecified atom stereocenters. The molecule has 5 heteroatoms. The summed E-state index contributed by atoms with van der Waals surface area (Å²) in [6, 6.07) is 4.44. The molecule has 1 aromatic rings. The molecule has 1 saturated carbocycles. The van der Waals surface area contributed by atoms with Crippen molar-refractivity contribution in [2.45, 2.75) is 18.9 Å². The predicted molar refractivity (Wildman–Crippen MR) is 60.6 cm³/mol. The fourth-order valence-corrected chi connectivity index (χ4v) is 1.73. The average Bonchev–Trinajstić information content (AvgIpc) is 3.14. The molecule has 0 aromatic heterocycles. The summed E-state index contributed by atoms with van der Waals surface area (Å²) >= 11 is 5.63. The molecule has 0 N–H and O–H groups in total. The summed E-state index contributed by atoms with van der Waals surface area (Å²) in [6.45, 7) is 0. The van der Waals surface area contributed by atoms with Crippen LogP contribution in [0.1, 0.15) is 12.8 Å². The lowest BCUT2D eigenvalue weighted by Crippen LogP contribution is -2.31. The van der Waals surface area contributed by atoms with Crippen molar-refractivity contribution in [1.29, 1.82) is 0 Å². The number of benzene rings is 1. The third-order valence-electron chi connectivity index (χ3n) is 2.65. The highest BCUT2D eigenvalue weighted by Crippen LogP contribution is 2.36. The molecule has 0 aliphatic heterocycles. The van der Waals surface area contributed by atoms with E-state index >= 15 is 0 Å². The van der Waals surface area contributed by atoms with E-state index in [1.54, 1.807) is 6.07 Å². The Morgan fingerprint density at radius 2 is 2.24 bits per heavy atom. The Bertz CT molecular complexity index is 432. The number of ether oxygens (including phenoxy) is 2. The van der Waals surface area contributed by atoms with Crippen molar-refractivity contribution < 1.29 is 18.7 Å². The molecule has 3 nitrogen and oxygen atoms in total. The molecule has 0 heterocycles. The summed E-state index contributed by atoms with van der Waals surface area (Å²) in [5.41, 5.74) is 0. The van der Waals surface area contributed by atoms with Gasteiger partial charge in [0.15, 0.2) is 17.7 Å². The van der Waals surface area contributed by atoms with E-state index in [2.05, 4.69) is 4.74 Å². The van der Waals surface area contributed by atoms with Crippen LogP contribution in [0.3, 0.4) is 0 Å². The van der Waals surface area contributed by atoms with Crippen molar-refractivity contribution in [2.24, 2.45) is 5.92 Å². The third-order valence-corrected chi connectivity index (χ3v) is 2.95.